The van der Waals surface area contributed by atoms with Gasteiger partial charge >= 0.3 is 0 Å². The number of hydrogen-bond acceptors (Lipinski definition) is 0. The van der Waals surface area contributed by atoms with Crippen LogP contribution in [0.25, 0.3) is 0 Å². The molecule has 0 aromatic rings. The predicted molar refractivity (Wildman–Crippen MR) is 48.8 cm³/mol. The first kappa shape index (κ1) is 9.42. The number of halogens is 2. The Bertz CT molecular complexity index is 185. The molecule has 0 radical (unpaired) electrons. The van der Waals surface area contributed by atoms with Crippen LogP contribution in [0.15, 0.2) is 0 Å². The third kappa shape index (κ3) is 2.03. The van der Waals surface area contributed by atoms with E-state index < -0.39 is 5.92 Å². The summed E-state index contributed by atoms with van der Waals surface area (Å²) in [5, 5.41) is 0. The van der Waals surface area contributed by atoms with E-state index >= 15 is 0 Å². The first-order valence-electron chi connectivity index (χ1n) is 5.47. The quantitative estimate of drug-likeness (QED) is 0.617. The molecule has 0 unspecified atom stereocenters. The van der Waals surface area contributed by atoms with Crippen LogP contribution < -0.4 is 0 Å². The smallest absolute Gasteiger partial charge is 0.207 e. The lowest BCUT2D eigenvalue weighted by Crippen LogP contribution is -2.36. The topological polar surface area (TPSA) is 0 Å². The SMILES string of the molecule is C[C@@H]1[C@H](CC2CC2)CCCC1(F)F. The Balaban J connectivity index is 1.93. The molecular formula is C11H18F2. The summed E-state index contributed by atoms with van der Waals surface area (Å²) in [4.78, 5) is 0. The van der Waals surface area contributed by atoms with Crippen molar-refractivity contribution >= 4 is 0 Å². The van der Waals surface area contributed by atoms with Crippen molar-refractivity contribution in [2.45, 2.75) is 51.4 Å². The molecule has 2 aliphatic rings. The molecular weight excluding hydrogens is 170 g/mol. The van der Waals surface area contributed by atoms with Crippen LogP contribution >= 0.6 is 0 Å². The Morgan fingerprint density at radius 3 is 2.54 bits per heavy atom. The zero-order valence-corrected chi connectivity index (χ0v) is 8.23. The largest absolute Gasteiger partial charge is 0.250 e. The summed E-state index contributed by atoms with van der Waals surface area (Å²) in [6.07, 6.45) is 5.53. The molecule has 0 nitrogen and oxygen atoms in total. The summed E-state index contributed by atoms with van der Waals surface area (Å²) in [7, 11) is 0. The molecule has 0 aliphatic heterocycles. The van der Waals surface area contributed by atoms with E-state index in [4.69, 9.17) is 0 Å². The molecule has 0 bridgehead atoms. The highest BCUT2D eigenvalue weighted by Gasteiger charge is 2.44. The van der Waals surface area contributed by atoms with Gasteiger partial charge in [0.15, 0.2) is 0 Å². The van der Waals surface area contributed by atoms with Gasteiger partial charge < -0.3 is 0 Å². The predicted octanol–water partition coefficient (Wildman–Crippen LogP) is 3.86. The third-order valence-corrected chi connectivity index (χ3v) is 3.79. The first-order valence-corrected chi connectivity index (χ1v) is 5.47. The van der Waals surface area contributed by atoms with Gasteiger partial charge in [-0.3, -0.25) is 0 Å². The number of rotatable bonds is 2. The Morgan fingerprint density at radius 2 is 1.92 bits per heavy atom. The molecule has 13 heavy (non-hydrogen) atoms. The second kappa shape index (κ2) is 3.21. The lowest BCUT2D eigenvalue weighted by molar-refractivity contribution is -0.104. The fourth-order valence-electron chi connectivity index (χ4n) is 2.53. The van der Waals surface area contributed by atoms with E-state index in [-0.39, 0.29) is 12.3 Å². The monoisotopic (exact) mass is 188 g/mol. The molecule has 0 aromatic heterocycles. The molecule has 2 rings (SSSR count). The average molecular weight is 188 g/mol. The van der Waals surface area contributed by atoms with Crippen LogP contribution in [0.2, 0.25) is 0 Å². The maximum absolute atomic E-state index is 13.3. The van der Waals surface area contributed by atoms with Crippen LogP contribution in [0.3, 0.4) is 0 Å². The standard InChI is InChI=1S/C11H18F2/c1-8-10(7-9-4-5-9)3-2-6-11(8,12)13/h8-10H,2-7H2,1H3/t8-,10+/m1/s1. The van der Waals surface area contributed by atoms with E-state index in [1.165, 1.54) is 12.8 Å². The molecule has 0 amide bonds. The number of hydrogen-bond donors (Lipinski definition) is 0. The maximum atomic E-state index is 13.3. The molecule has 2 fully saturated rings. The van der Waals surface area contributed by atoms with E-state index in [9.17, 15) is 8.78 Å². The first-order chi connectivity index (χ1) is 6.09. The van der Waals surface area contributed by atoms with E-state index in [1.54, 1.807) is 6.92 Å². The zero-order chi connectivity index (χ0) is 9.47. The van der Waals surface area contributed by atoms with Crippen molar-refractivity contribution in [3.8, 4) is 0 Å². The van der Waals surface area contributed by atoms with E-state index in [0.717, 1.165) is 25.2 Å². The van der Waals surface area contributed by atoms with Crippen molar-refractivity contribution in [1.29, 1.82) is 0 Å². The Kier molecular flexibility index (Phi) is 2.33. The second-order valence-corrected chi connectivity index (χ2v) is 4.88. The van der Waals surface area contributed by atoms with Crippen molar-refractivity contribution in [3.05, 3.63) is 0 Å². The third-order valence-electron chi connectivity index (χ3n) is 3.79. The van der Waals surface area contributed by atoms with Gasteiger partial charge in [-0.05, 0) is 31.1 Å². The summed E-state index contributed by atoms with van der Waals surface area (Å²) >= 11 is 0. The lowest BCUT2D eigenvalue weighted by atomic mass is 9.75. The van der Waals surface area contributed by atoms with Gasteiger partial charge in [0.25, 0.3) is 5.92 Å². The summed E-state index contributed by atoms with van der Waals surface area (Å²) in [5.41, 5.74) is 0. The van der Waals surface area contributed by atoms with Gasteiger partial charge in [-0.2, -0.15) is 0 Å². The van der Waals surface area contributed by atoms with Crippen LogP contribution in [0.4, 0.5) is 8.78 Å². The molecule has 0 aromatic carbocycles. The molecule has 0 spiro atoms. The van der Waals surface area contributed by atoms with Crippen molar-refractivity contribution in [3.63, 3.8) is 0 Å². The molecule has 2 atom stereocenters. The molecule has 0 N–H and O–H groups in total. The fourth-order valence-corrected chi connectivity index (χ4v) is 2.53. The fraction of sp³-hybridized carbons (Fsp3) is 1.00. The second-order valence-electron chi connectivity index (χ2n) is 4.88. The molecule has 76 valence electrons. The van der Waals surface area contributed by atoms with E-state index in [0.29, 0.717) is 5.92 Å². The van der Waals surface area contributed by atoms with Gasteiger partial charge in [0, 0.05) is 12.3 Å². The van der Waals surface area contributed by atoms with Crippen LogP contribution in [0.1, 0.15) is 45.4 Å². The highest BCUT2D eigenvalue weighted by Crippen LogP contribution is 2.47. The van der Waals surface area contributed by atoms with Crippen molar-refractivity contribution in [2.75, 3.05) is 0 Å². The van der Waals surface area contributed by atoms with Crippen LogP contribution in [-0.4, -0.2) is 5.92 Å². The van der Waals surface area contributed by atoms with Crippen molar-refractivity contribution < 1.29 is 8.78 Å². The lowest BCUT2D eigenvalue weighted by Gasteiger charge is -2.35. The average Bonchev–Trinajstić information content (AvgIpc) is 2.82. The normalized spacial score (nSPS) is 39.0. The van der Waals surface area contributed by atoms with Crippen LogP contribution in [0.5, 0.6) is 0 Å². The van der Waals surface area contributed by atoms with Gasteiger partial charge in [-0.1, -0.05) is 19.8 Å². The van der Waals surface area contributed by atoms with E-state index in [2.05, 4.69) is 0 Å². The van der Waals surface area contributed by atoms with Gasteiger partial charge in [-0.15, -0.1) is 0 Å². The van der Waals surface area contributed by atoms with Crippen LogP contribution in [-0.2, 0) is 0 Å². The molecule has 2 heteroatoms. The zero-order valence-electron chi connectivity index (χ0n) is 8.23. The highest BCUT2D eigenvalue weighted by molar-refractivity contribution is 4.88. The van der Waals surface area contributed by atoms with Crippen molar-refractivity contribution in [2.24, 2.45) is 17.8 Å². The van der Waals surface area contributed by atoms with Gasteiger partial charge in [0.2, 0.25) is 0 Å². The van der Waals surface area contributed by atoms with Gasteiger partial charge in [-0.25, -0.2) is 8.78 Å². The maximum Gasteiger partial charge on any atom is 0.250 e. The number of alkyl halides is 2. The van der Waals surface area contributed by atoms with E-state index in [1.807, 2.05) is 0 Å². The summed E-state index contributed by atoms with van der Waals surface area (Å²) in [5.74, 6) is -1.66. The summed E-state index contributed by atoms with van der Waals surface area (Å²) in [6.45, 7) is 1.74. The molecule has 2 aliphatic carbocycles. The summed E-state index contributed by atoms with van der Waals surface area (Å²) in [6, 6.07) is 0. The van der Waals surface area contributed by atoms with Crippen LogP contribution in [0, 0.1) is 17.8 Å². The minimum Gasteiger partial charge on any atom is -0.207 e. The highest BCUT2D eigenvalue weighted by atomic mass is 19.3. The van der Waals surface area contributed by atoms with Gasteiger partial charge in [0.05, 0.1) is 0 Å². The molecule has 0 heterocycles. The van der Waals surface area contributed by atoms with Crippen molar-refractivity contribution in [1.82, 2.24) is 0 Å². The Hall–Kier alpha value is -0.140. The summed E-state index contributed by atoms with van der Waals surface area (Å²) < 4.78 is 26.6. The minimum absolute atomic E-state index is 0.120. The Morgan fingerprint density at radius 1 is 1.23 bits per heavy atom. The van der Waals surface area contributed by atoms with Gasteiger partial charge in [0.1, 0.15) is 0 Å². The molecule has 2 saturated carbocycles. The Labute approximate surface area is 78.7 Å². The molecule has 0 saturated heterocycles. The minimum atomic E-state index is -2.38.